The lowest BCUT2D eigenvalue weighted by molar-refractivity contribution is -0.192. The van der Waals surface area contributed by atoms with E-state index in [0.717, 1.165) is 30.0 Å². The van der Waals surface area contributed by atoms with Gasteiger partial charge in [-0.1, -0.05) is 19.9 Å². The highest BCUT2D eigenvalue weighted by Crippen LogP contribution is 2.47. The average molecular weight is 531 g/mol. The number of halogens is 3. The summed E-state index contributed by atoms with van der Waals surface area (Å²) in [6, 6.07) is 13.5. The van der Waals surface area contributed by atoms with Gasteiger partial charge in [-0.3, -0.25) is 4.79 Å². The van der Waals surface area contributed by atoms with Crippen molar-refractivity contribution in [2.45, 2.75) is 38.9 Å². The fraction of sp³-hybridized carbons (Fsp3) is 0.370. The van der Waals surface area contributed by atoms with Crippen LogP contribution in [0.2, 0.25) is 0 Å². The number of carbonyl (C=O) groups excluding carboxylic acids is 1. The van der Waals surface area contributed by atoms with Crippen LogP contribution in [0.3, 0.4) is 0 Å². The van der Waals surface area contributed by atoms with Gasteiger partial charge in [0.15, 0.2) is 5.82 Å². The summed E-state index contributed by atoms with van der Waals surface area (Å²) in [7, 11) is 0. The van der Waals surface area contributed by atoms with Crippen LogP contribution in [-0.2, 0) is 10.3 Å². The van der Waals surface area contributed by atoms with Gasteiger partial charge in [-0.2, -0.15) is 13.2 Å². The second-order valence-corrected chi connectivity index (χ2v) is 9.93. The number of anilines is 1. The molecule has 1 spiro atoms. The molecule has 2 aliphatic rings. The second-order valence-electron chi connectivity index (χ2n) is 9.93. The number of carboxylic acids is 1. The van der Waals surface area contributed by atoms with Crippen LogP contribution >= 0.6 is 0 Å². The number of fused-ring (bicyclic) bond motifs is 4. The van der Waals surface area contributed by atoms with Crippen LogP contribution in [0.1, 0.15) is 41.9 Å². The second kappa shape index (κ2) is 10.0. The molecule has 2 N–H and O–H groups in total. The lowest BCUT2D eigenvalue weighted by Crippen LogP contribution is -2.54. The minimum atomic E-state index is -5.08. The predicted octanol–water partition coefficient (Wildman–Crippen LogP) is 4.74. The summed E-state index contributed by atoms with van der Waals surface area (Å²) in [5, 5.41) is 17.2. The Morgan fingerprint density at radius 1 is 1.16 bits per heavy atom. The number of aromatic hydroxyl groups is 1. The third-order valence-electron chi connectivity index (χ3n) is 6.81. The standard InChI is InChI=1S/C25H28N4O2.C2HF3O2/c1-17(2)15-29-20-6-4-11-26-23(20)28-12-5-7-22(28)25(29)10-13-27(16-25)24(31)19-9-8-18(3)21(30)14-19;3-2(4,5)1(6)7/h4-9,11-12,14,17,30H,10,13,15-16H2,1-3H3;(H,6,7). The molecular formula is C27H29F3N4O4. The number of aliphatic carboxylic acids is 1. The van der Waals surface area contributed by atoms with Crippen molar-refractivity contribution in [3.05, 3.63) is 71.7 Å². The first-order valence-corrected chi connectivity index (χ1v) is 12.1. The Kier molecular flexibility index (Phi) is 7.14. The number of phenolic OH excluding ortho intramolecular Hbond substituents is 1. The van der Waals surface area contributed by atoms with E-state index in [4.69, 9.17) is 9.90 Å². The largest absolute Gasteiger partial charge is 0.508 e. The molecule has 3 aromatic rings. The van der Waals surface area contributed by atoms with E-state index in [1.165, 1.54) is 5.69 Å². The van der Waals surface area contributed by atoms with Crippen molar-refractivity contribution in [3.8, 4) is 11.6 Å². The van der Waals surface area contributed by atoms with E-state index in [9.17, 15) is 23.1 Å². The maximum atomic E-state index is 13.3. The molecule has 1 saturated heterocycles. The van der Waals surface area contributed by atoms with Crippen molar-refractivity contribution in [1.29, 1.82) is 0 Å². The molecule has 38 heavy (non-hydrogen) atoms. The zero-order chi connectivity index (χ0) is 27.8. The lowest BCUT2D eigenvalue weighted by atomic mass is 9.88. The molecule has 0 aliphatic carbocycles. The van der Waals surface area contributed by atoms with E-state index in [-0.39, 0.29) is 17.2 Å². The van der Waals surface area contributed by atoms with E-state index in [2.05, 4.69) is 52.7 Å². The number of rotatable bonds is 3. The quantitative estimate of drug-likeness (QED) is 0.508. The van der Waals surface area contributed by atoms with Crippen LogP contribution in [0.15, 0.2) is 54.9 Å². The molecule has 2 aliphatic heterocycles. The molecule has 2 aromatic heterocycles. The molecule has 0 saturated carbocycles. The van der Waals surface area contributed by atoms with E-state index in [1.807, 2.05) is 24.1 Å². The maximum absolute atomic E-state index is 13.3. The molecule has 202 valence electrons. The SMILES string of the molecule is Cc1ccc(C(=O)N2CCC3(C2)c2cccn2-c2ncccc2N3CC(C)C)cc1O.O=C(O)C(F)(F)F. The van der Waals surface area contributed by atoms with Crippen molar-refractivity contribution in [2.75, 3.05) is 24.5 Å². The van der Waals surface area contributed by atoms with Crippen molar-refractivity contribution in [3.63, 3.8) is 0 Å². The van der Waals surface area contributed by atoms with E-state index < -0.39 is 12.1 Å². The average Bonchev–Trinajstić information content (AvgIpc) is 3.52. The minimum absolute atomic E-state index is 0.0354. The summed E-state index contributed by atoms with van der Waals surface area (Å²) in [4.78, 5) is 31.3. The highest BCUT2D eigenvalue weighted by atomic mass is 19.4. The van der Waals surface area contributed by atoms with Crippen LogP contribution in [-0.4, -0.2) is 62.4 Å². The molecule has 0 bridgehead atoms. The molecule has 8 nitrogen and oxygen atoms in total. The Morgan fingerprint density at radius 3 is 2.50 bits per heavy atom. The molecule has 1 amide bonds. The third-order valence-corrected chi connectivity index (χ3v) is 6.81. The molecule has 0 radical (unpaired) electrons. The Labute approximate surface area is 217 Å². The zero-order valence-corrected chi connectivity index (χ0v) is 21.2. The Morgan fingerprint density at radius 2 is 1.87 bits per heavy atom. The number of carbonyl (C=O) groups is 2. The monoisotopic (exact) mass is 530 g/mol. The van der Waals surface area contributed by atoms with E-state index in [1.54, 1.807) is 18.2 Å². The molecule has 1 unspecified atom stereocenters. The Hall–Kier alpha value is -4.02. The number of pyridine rings is 1. The number of hydrogen-bond acceptors (Lipinski definition) is 5. The number of aromatic nitrogens is 2. The number of alkyl halides is 3. The highest BCUT2D eigenvalue weighted by molar-refractivity contribution is 5.95. The Bertz CT molecular complexity index is 1350. The maximum Gasteiger partial charge on any atom is 0.490 e. The van der Waals surface area contributed by atoms with Gasteiger partial charge in [-0.15, -0.1) is 0 Å². The van der Waals surface area contributed by atoms with Gasteiger partial charge in [0, 0.05) is 37.6 Å². The van der Waals surface area contributed by atoms with Crippen molar-refractivity contribution in [1.82, 2.24) is 14.5 Å². The van der Waals surface area contributed by atoms with Gasteiger partial charge >= 0.3 is 12.1 Å². The van der Waals surface area contributed by atoms with Gasteiger partial charge in [0.05, 0.1) is 11.4 Å². The number of carboxylic acid groups (broad SMARTS) is 1. The van der Waals surface area contributed by atoms with Gasteiger partial charge in [0.2, 0.25) is 0 Å². The summed E-state index contributed by atoms with van der Waals surface area (Å²) >= 11 is 0. The molecule has 1 aromatic carbocycles. The normalized spacial score (nSPS) is 18.2. The summed E-state index contributed by atoms with van der Waals surface area (Å²) in [6.45, 7) is 8.44. The van der Waals surface area contributed by atoms with Crippen molar-refractivity contribution >= 4 is 17.6 Å². The molecule has 1 atom stereocenters. The summed E-state index contributed by atoms with van der Waals surface area (Å²) < 4.78 is 33.9. The van der Waals surface area contributed by atoms with Crippen LogP contribution in [0.25, 0.3) is 5.82 Å². The van der Waals surface area contributed by atoms with E-state index in [0.29, 0.717) is 24.6 Å². The van der Waals surface area contributed by atoms with Gasteiger partial charge in [-0.05, 0) is 61.2 Å². The van der Waals surface area contributed by atoms with Crippen LogP contribution in [0.5, 0.6) is 5.75 Å². The number of hydrogen-bond donors (Lipinski definition) is 2. The highest BCUT2D eigenvalue weighted by Gasteiger charge is 2.51. The zero-order valence-electron chi connectivity index (χ0n) is 21.2. The topological polar surface area (TPSA) is 98.9 Å². The van der Waals surface area contributed by atoms with Crippen molar-refractivity contribution in [2.24, 2.45) is 5.92 Å². The fourth-order valence-corrected chi connectivity index (χ4v) is 5.06. The van der Waals surface area contributed by atoms with Gasteiger partial charge < -0.3 is 24.6 Å². The summed E-state index contributed by atoms with van der Waals surface area (Å²) in [5.74, 6) is -1.22. The van der Waals surface area contributed by atoms with Gasteiger partial charge in [0.1, 0.15) is 11.3 Å². The van der Waals surface area contributed by atoms with Gasteiger partial charge in [0.25, 0.3) is 5.91 Å². The van der Waals surface area contributed by atoms with Gasteiger partial charge in [-0.25, -0.2) is 9.78 Å². The fourth-order valence-electron chi connectivity index (χ4n) is 5.06. The number of amides is 1. The number of likely N-dealkylation sites (tertiary alicyclic amines) is 1. The smallest absolute Gasteiger partial charge is 0.490 e. The Balaban J connectivity index is 0.000000426. The predicted molar refractivity (Wildman–Crippen MR) is 134 cm³/mol. The van der Waals surface area contributed by atoms with Crippen molar-refractivity contribution < 1.29 is 33.0 Å². The molecule has 1 fully saturated rings. The van der Waals surface area contributed by atoms with Crippen LogP contribution in [0.4, 0.5) is 18.9 Å². The first kappa shape index (κ1) is 27.0. The van der Waals surface area contributed by atoms with E-state index >= 15 is 0 Å². The number of benzene rings is 1. The lowest BCUT2D eigenvalue weighted by Gasteiger charge is -2.47. The minimum Gasteiger partial charge on any atom is -0.508 e. The molecule has 5 rings (SSSR count). The number of phenols is 1. The number of nitrogens with zero attached hydrogens (tertiary/aromatic N) is 4. The number of aryl methyl sites for hydroxylation is 1. The van der Waals surface area contributed by atoms with Crippen LogP contribution in [0, 0.1) is 12.8 Å². The summed E-state index contributed by atoms with van der Waals surface area (Å²) in [6.07, 6.45) is -0.331. The molecule has 4 heterocycles. The molecular weight excluding hydrogens is 501 g/mol. The molecule has 11 heteroatoms. The third kappa shape index (κ3) is 4.92. The van der Waals surface area contributed by atoms with Crippen LogP contribution < -0.4 is 4.90 Å². The summed E-state index contributed by atoms with van der Waals surface area (Å²) in [5.41, 5.74) is 3.30. The first-order valence-electron chi connectivity index (χ1n) is 12.1. The first-order chi connectivity index (χ1) is 17.8.